The van der Waals surface area contributed by atoms with Crippen LogP contribution in [0.2, 0.25) is 0 Å². The van der Waals surface area contributed by atoms with Crippen LogP contribution in [0, 0.1) is 0 Å². The predicted molar refractivity (Wildman–Crippen MR) is 76.8 cm³/mol. The van der Waals surface area contributed by atoms with Gasteiger partial charge < -0.3 is 14.8 Å². The third-order valence-corrected chi connectivity index (χ3v) is 3.71. The summed E-state index contributed by atoms with van der Waals surface area (Å²) in [5, 5.41) is 2.73. The second-order valence-corrected chi connectivity index (χ2v) is 5.21. The molecule has 0 radical (unpaired) electrons. The van der Waals surface area contributed by atoms with Crippen molar-refractivity contribution in [1.82, 2.24) is 0 Å². The maximum atomic E-state index is 11.8. The number of anilines is 1. The van der Waals surface area contributed by atoms with Crippen LogP contribution in [0.5, 0.6) is 0 Å². The lowest BCUT2D eigenvalue weighted by Crippen LogP contribution is -2.27. The molecule has 1 aromatic rings. The van der Waals surface area contributed by atoms with E-state index in [0.717, 1.165) is 17.0 Å². The fourth-order valence-electron chi connectivity index (χ4n) is 1.93. The summed E-state index contributed by atoms with van der Waals surface area (Å²) in [5.41, 5.74) is 0.721. The maximum Gasteiger partial charge on any atom is 0.335 e. The highest BCUT2D eigenvalue weighted by Crippen LogP contribution is 2.24. The lowest BCUT2D eigenvalue weighted by atomic mass is 10.2. The second-order valence-electron chi connectivity index (χ2n) is 4.36. The molecule has 1 amide bonds. The second kappa shape index (κ2) is 7.31. The molecule has 1 saturated heterocycles. The summed E-state index contributed by atoms with van der Waals surface area (Å²) in [5.74, 6) is -0.811. The van der Waals surface area contributed by atoms with Crippen molar-refractivity contribution >= 4 is 29.3 Å². The number of rotatable bonds is 5. The summed E-state index contributed by atoms with van der Waals surface area (Å²) >= 11 is 1.54. The van der Waals surface area contributed by atoms with E-state index in [2.05, 4.69) is 5.32 Å². The predicted octanol–water partition coefficient (Wildman–Crippen LogP) is 2.07. The monoisotopic (exact) mass is 295 g/mol. The van der Waals surface area contributed by atoms with E-state index < -0.39 is 12.1 Å². The first-order valence-electron chi connectivity index (χ1n) is 6.42. The van der Waals surface area contributed by atoms with Gasteiger partial charge in [0.1, 0.15) is 0 Å². The largest absolute Gasteiger partial charge is 0.454 e. The van der Waals surface area contributed by atoms with E-state index in [4.69, 9.17) is 9.47 Å². The molecule has 1 atom stereocenters. The first kappa shape index (κ1) is 14.9. The number of para-hydroxylation sites is 1. The van der Waals surface area contributed by atoms with Crippen LogP contribution in [0.4, 0.5) is 5.69 Å². The third kappa shape index (κ3) is 3.98. The van der Waals surface area contributed by atoms with Gasteiger partial charge in [0.15, 0.2) is 12.7 Å². The van der Waals surface area contributed by atoms with E-state index in [1.54, 1.807) is 0 Å². The van der Waals surface area contributed by atoms with Crippen LogP contribution in [0.25, 0.3) is 0 Å². The number of nitrogens with one attached hydrogen (secondary N) is 1. The fraction of sp³-hybridized carbons (Fsp3) is 0.429. The van der Waals surface area contributed by atoms with Crippen LogP contribution in [-0.4, -0.2) is 37.4 Å². The summed E-state index contributed by atoms with van der Waals surface area (Å²) < 4.78 is 10.1. The van der Waals surface area contributed by atoms with Gasteiger partial charge in [-0.3, -0.25) is 4.79 Å². The van der Waals surface area contributed by atoms with E-state index in [9.17, 15) is 9.59 Å². The van der Waals surface area contributed by atoms with E-state index in [-0.39, 0.29) is 12.5 Å². The zero-order valence-electron chi connectivity index (χ0n) is 11.3. The molecule has 1 N–H and O–H groups in total. The lowest BCUT2D eigenvalue weighted by Gasteiger charge is -2.11. The zero-order valence-corrected chi connectivity index (χ0v) is 12.1. The van der Waals surface area contributed by atoms with Crippen molar-refractivity contribution < 1.29 is 19.1 Å². The number of carbonyl (C=O) groups excluding carboxylic acids is 2. The first-order valence-corrected chi connectivity index (χ1v) is 7.64. The van der Waals surface area contributed by atoms with Gasteiger partial charge in [0.25, 0.3) is 5.91 Å². The van der Waals surface area contributed by atoms with Crippen LogP contribution in [0.1, 0.15) is 12.8 Å². The number of esters is 1. The number of ether oxygens (including phenoxy) is 2. The number of thioether (sulfide) groups is 1. The fourth-order valence-corrected chi connectivity index (χ4v) is 2.48. The van der Waals surface area contributed by atoms with E-state index in [0.29, 0.717) is 13.0 Å². The van der Waals surface area contributed by atoms with Crippen molar-refractivity contribution in [2.75, 3.05) is 24.8 Å². The van der Waals surface area contributed by atoms with Crippen LogP contribution in [0.15, 0.2) is 29.2 Å². The van der Waals surface area contributed by atoms with Crippen molar-refractivity contribution in [2.24, 2.45) is 0 Å². The smallest absolute Gasteiger partial charge is 0.335 e. The van der Waals surface area contributed by atoms with Gasteiger partial charge in [-0.2, -0.15) is 0 Å². The minimum Gasteiger partial charge on any atom is -0.454 e. The first-order chi connectivity index (χ1) is 9.70. The molecule has 0 aromatic heterocycles. The molecule has 1 fully saturated rings. The minimum absolute atomic E-state index is 0.290. The topological polar surface area (TPSA) is 64.6 Å². The Balaban J connectivity index is 1.81. The van der Waals surface area contributed by atoms with Crippen molar-refractivity contribution in [3.63, 3.8) is 0 Å². The summed E-state index contributed by atoms with van der Waals surface area (Å²) in [6.45, 7) is 0.286. The van der Waals surface area contributed by atoms with E-state index in [1.165, 1.54) is 11.8 Å². The molecule has 0 aliphatic carbocycles. The Kier molecular flexibility index (Phi) is 5.43. The number of hydrogen-bond acceptors (Lipinski definition) is 5. The Bertz CT molecular complexity index is 486. The molecule has 0 spiro atoms. The number of carbonyl (C=O) groups is 2. The molecule has 6 heteroatoms. The normalized spacial score (nSPS) is 17.8. The van der Waals surface area contributed by atoms with Gasteiger partial charge in [0, 0.05) is 11.5 Å². The van der Waals surface area contributed by atoms with E-state index >= 15 is 0 Å². The molecule has 1 aromatic carbocycles. The number of amides is 1. The van der Waals surface area contributed by atoms with Crippen LogP contribution in [0.3, 0.4) is 0 Å². The van der Waals surface area contributed by atoms with Crippen molar-refractivity contribution in [3.05, 3.63) is 24.3 Å². The van der Waals surface area contributed by atoms with Gasteiger partial charge in [-0.05, 0) is 31.2 Å². The molecule has 1 aliphatic rings. The summed E-state index contributed by atoms with van der Waals surface area (Å²) in [4.78, 5) is 24.3. The van der Waals surface area contributed by atoms with Crippen LogP contribution in [-0.2, 0) is 19.1 Å². The molecule has 5 nitrogen and oxygen atoms in total. The zero-order chi connectivity index (χ0) is 14.4. The van der Waals surface area contributed by atoms with Gasteiger partial charge in [0.05, 0.1) is 5.69 Å². The molecule has 0 saturated carbocycles. The van der Waals surface area contributed by atoms with Crippen LogP contribution < -0.4 is 5.32 Å². The molecule has 1 aliphatic heterocycles. The van der Waals surface area contributed by atoms with Crippen LogP contribution >= 0.6 is 11.8 Å². The molecule has 0 unspecified atom stereocenters. The van der Waals surface area contributed by atoms with E-state index in [1.807, 2.05) is 30.5 Å². The average Bonchev–Trinajstić information content (AvgIpc) is 2.99. The summed E-state index contributed by atoms with van der Waals surface area (Å²) in [6.07, 6.45) is 2.94. The van der Waals surface area contributed by atoms with Gasteiger partial charge in [-0.15, -0.1) is 11.8 Å². The molecular weight excluding hydrogens is 278 g/mol. The Morgan fingerprint density at radius 3 is 2.95 bits per heavy atom. The molecule has 0 bridgehead atoms. The quantitative estimate of drug-likeness (QED) is 0.665. The number of hydrogen-bond donors (Lipinski definition) is 1. The van der Waals surface area contributed by atoms with Gasteiger partial charge in [-0.25, -0.2) is 4.79 Å². The maximum absolute atomic E-state index is 11.8. The highest BCUT2D eigenvalue weighted by molar-refractivity contribution is 7.98. The molecule has 1 heterocycles. The number of benzene rings is 1. The minimum atomic E-state index is -0.513. The van der Waals surface area contributed by atoms with Gasteiger partial charge in [0.2, 0.25) is 0 Å². The highest BCUT2D eigenvalue weighted by Gasteiger charge is 2.25. The average molecular weight is 295 g/mol. The van der Waals surface area contributed by atoms with Crippen molar-refractivity contribution in [3.8, 4) is 0 Å². The molecular formula is C14H17NO4S. The Labute approximate surface area is 122 Å². The Morgan fingerprint density at radius 1 is 1.45 bits per heavy atom. The molecule has 108 valence electrons. The Morgan fingerprint density at radius 2 is 2.25 bits per heavy atom. The summed E-state index contributed by atoms with van der Waals surface area (Å²) in [7, 11) is 0. The lowest BCUT2D eigenvalue weighted by molar-refractivity contribution is -0.156. The molecule has 20 heavy (non-hydrogen) atoms. The Hall–Kier alpha value is -1.53. The molecule has 2 rings (SSSR count). The van der Waals surface area contributed by atoms with Crippen molar-refractivity contribution in [2.45, 2.75) is 23.8 Å². The van der Waals surface area contributed by atoms with Crippen molar-refractivity contribution in [1.29, 1.82) is 0 Å². The summed E-state index contributed by atoms with van der Waals surface area (Å²) in [6, 6.07) is 7.47. The van der Waals surface area contributed by atoms with Gasteiger partial charge in [-0.1, -0.05) is 12.1 Å². The SMILES string of the molecule is CSc1ccccc1NC(=O)COC(=O)[C@@H]1CCCO1. The standard InChI is InChI=1S/C14H17NO4S/c1-20-12-7-3-2-5-10(12)15-13(16)9-19-14(17)11-6-4-8-18-11/h2-3,5,7,11H,4,6,8-9H2,1H3,(H,15,16)/t11-/m0/s1. The highest BCUT2D eigenvalue weighted by atomic mass is 32.2. The third-order valence-electron chi connectivity index (χ3n) is 2.92. The van der Waals surface area contributed by atoms with Gasteiger partial charge >= 0.3 is 5.97 Å².